The third-order valence-corrected chi connectivity index (χ3v) is 4.85. The molecule has 0 radical (unpaired) electrons. The molecule has 1 aliphatic rings. The van der Waals surface area contributed by atoms with Crippen LogP contribution in [-0.2, 0) is 4.79 Å². The minimum Gasteiger partial charge on any atom is -0.341 e. The number of carbonyl (C=O) groups is 1. The van der Waals surface area contributed by atoms with Crippen LogP contribution in [0, 0.1) is 5.92 Å². The highest BCUT2D eigenvalue weighted by Gasteiger charge is 2.25. The molecular formula is C18H27ClN2O. The Labute approximate surface area is 139 Å². The summed E-state index contributed by atoms with van der Waals surface area (Å²) in [5, 5.41) is 4.22. The molecule has 2 unspecified atom stereocenters. The second-order valence-electron chi connectivity index (χ2n) is 6.41. The van der Waals surface area contributed by atoms with Crippen LogP contribution in [0.25, 0.3) is 0 Å². The first-order valence-electron chi connectivity index (χ1n) is 8.31. The number of hydrogen-bond acceptors (Lipinski definition) is 2. The minimum absolute atomic E-state index is 0.158. The number of carbonyl (C=O) groups excluding carboxylic acids is 1. The molecule has 1 amide bonds. The largest absolute Gasteiger partial charge is 0.341 e. The molecule has 22 heavy (non-hydrogen) atoms. The van der Waals surface area contributed by atoms with Gasteiger partial charge in [0.05, 0.1) is 6.04 Å². The van der Waals surface area contributed by atoms with Crippen LogP contribution < -0.4 is 5.32 Å². The van der Waals surface area contributed by atoms with Crippen LogP contribution in [0.15, 0.2) is 24.3 Å². The van der Waals surface area contributed by atoms with Gasteiger partial charge in [0.2, 0.25) is 5.91 Å². The van der Waals surface area contributed by atoms with Crippen molar-refractivity contribution in [1.82, 2.24) is 10.2 Å². The van der Waals surface area contributed by atoms with Gasteiger partial charge in [0, 0.05) is 24.2 Å². The van der Waals surface area contributed by atoms with Crippen molar-refractivity contribution in [2.45, 2.75) is 52.1 Å². The topological polar surface area (TPSA) is 32.3 Å². The van der Waals surface area contributed by atoms with Gasteiger partial charge in [0.1, 0.15) is 0 Å². The van der Waals surface area contributed by atoms with Gasteiger partial charge in [0.25, 0.3) is 0 Å². The molecule has 1 fully saturated rings. The molecule has 4 heteroatoms. The minimum atomic E-state index is -0.158. The predicted molar refractivity (Wildman–Crippen MR) is 92.1 cm³/mol. The van der Waals surface area contributed by atoms with Crippen LogP contribution in [0.2, 0.25) is 5.02 Å². The Kier molecular flexibility index (Phi) is 6.27. The van der Waals surface area contributed by atoms with Crippen molar-refractivity contribution in [2.75, 3.05) is 13.1 Å². The van der Waals surface area contributed by atoms with E-state index in [4.69, 9.17) is 11.6 Å². The third kappa shape index (κ3) is 4.47. The maximum atomic E-state index is 12.6. The van der Waals surface area contributed by atoms with Crippen LogP contribution in [0.5, 0.6) is 0 Å². The molecule has 1 aromatic carbocycles. The fraction of sp³-hybridized carbons (Fsp3) is 0.611. The Morgan fingerprint density at radius 2 is 1.91 bits per heavy atom. The average molecular weight is 323 g/mol. The molecule has 0 spiro atoms. The average Bonchev–Trinajstić information content (AvgIpc) is 2.53. The summed E-state index contributed by atoms with van der Waals surface area (Å²) in [5.41, 5.74) is 1.18. The van der Waals surface area contributed by atoms with Crippen molar-refractivity contribution in [2.24, 2.45) is 5.92 Å². The molecular weight excluding hydrogens is 296 g/mol. The highest BCUT2D eigenvalue weighted by atomic mass is 35.5. The number of benzene rings is 1. The van der Waals surface area contributed by atoms with E-state index < -0.39 is 0 Å². The monoisotopic (exact) mass is 322 g/mol. The summed E-state index contributed by atoms with van der Waals surface area (Å²) in [6, 6.07) is 7.89. The van der Waals surface area contributed by atoms with E-state index in [-0.39, 0.29) is 18.0 Å². The van der Waals surface area contributed by atoms with Crippen molar-refractivity contribution >= 4 is 17.5 Å². The lowest BCUT2D eigenvalue weighted by atomic mass is 9.98. The maximum Gasteiger partial charge on any atom is 0.239 e. The van der Waals surface area contributed by atoms with E-state index in [9.17, 15) is 4.79 Å². The number of rotatable bonds is 5. The van der Waals surface area contributed by atoms with E-state index in [1.807, 2.05) is 36.1 Å². The van der Waals surface area contributed by atoms with Crippen molar-refractivity contribution < 1.29 is 4.79 Å². The van der Waals surface area contributed by atoms with Crippen molar-refractivity contribution in [3.8, 4) is 0 Å². The first kappa shape index (κ1) is 17.3. The van der Waals surface area contributed by atoms with E-state index in [2.05, 4.69) is 19.2 Å². The van der Waals surface area contributed by atoms with Crippen molar-refractivity contribution in [3.63, 3.8) is 0 Å². The molecule has 122 valence electrons. The van der Waals surface area contributed by atoms with Crippen molar-refractivity contribution in [1.29, 1.82) is 0 Å². The quantitative estimate of drug-likeness (QED) is 0.887. The van der Waals surface area contributed by atoms with E-state index in [0.717, 1.165) is 43.3 Å². The Balaban J connectivity index is 1.95. The third-order valence-electron chi connectivity index (χ3n) is 4.60. The zero-order valence-electron chi connectivity index (χ0n) is 13.8. The number of hydrogen-bond donors (Lipinski definition) is 1. The lowest BCUT2D eigenvalue weighted by molar-refractivity contribution is -0.134. The molecule has 1 saturated heterocycles. The van der Waals surface area contributed by atoms with Gasteiger partial charge < -0.3 is 4.90 Å². The molecule has 0 saturated carbocycles. The molecule has 2 atom stereocenters. The summed E-state index contributed by atoms with van der Waals surface area (Å²) in [7, 11) is 0. The molecule has 0 aromatic heterocycles. The van der Waals surface area contributed by atoms with Gasteiger partial charge in [0.15, 0.2) is 0 Å². The fourth-order valence-electron chi connectivity index (χ4n) is 3.02. The Morgan fingerprint density at radius 1 is 1.32 bits per heavy atom. The van der Waals surface area contributed by atoms with Gasteiger partial charge in [-0.2, -0.15) is 0 Å². The second kappa shape index (κ2) is 7.98. The number of nitrogens with zero attached hydrogens (tertiary/aromatic N) is 1. The zero-order chi connectivity index (χ0) is 16.1. The molecule has 1 aliphatic heterocycles. The van der Waals surface area contributed by atoms with Crippen LogP contribution in [0.4, 0.5) is 0 Å². The van der Waals surface area contributed by atoms with Gasteiger partial charge in [-0.1, -0.05) is 37.6 Å². The lowest BCUT2D eigenvalue weighted by Gasteiger charge is -2.33. The highest BCUT2D eigenvalue weighted by Crippen LogP contribution is 2.21. The summed E-state index contributed by atoms with van der Waals surface area (Å²) in [6.07, 6.45) is 3.18. The first-order valence-corrected chi connectivity index (χ1v) is 8.69. The number of likely N-dealkylation sites (tertiary alicyclic amines) is 1. The Morgan fingerprint density at radius 3 is 2.45 bits per heavy atom. The van der Waals surface area contributed by atoms with Gasteiger partial charge in [-0.25, -0.2) is 0 Å². The Bertz CT molecular complexity index is 480. The molecule has 3 nitrogen and oxygen atoms in total. The molecule has 1 aromatic rings. The molecule has 0 aliphatic carbocycles. The molecule has 2 rings (SSSR count). The molecule has 0 bridgehead atoms. The standard InChI is InChI=1S/C18H27ClN2O/c1-4-17(15-5-7-16(19)8-6-15)20-14(3)18(22)21-11-9-13(2)10-12-21/h5-8,13-14,17,20H,4,9-12H2,1-3H3. The highest BCUT2D eigenvalue weighted by molar-refractivity contribution is 6.30. The number of halogens is 1. The number of amides is 1. The summed E-state index contributed by atoms with van der Waals surface area (Å²) in [5.74, 6) is 0.962. The normalized spacial score (nSPS) is 19.0. The lowest BCUT2D eigenvalue weighted by Crippen LogP contribution is -2.48. The fourth-order valence-corrected chi connectivity index (χ4v) is 3.15. The summed E-state index contributed by atoms with van der Waals surface area (Å²) < 4.78 is 0. The van der Waals surface area contributed by atoms with Crippen molar-refractivity contribution in [3.05, 3.63) is 34.9 Å². The zero-order valence-corrected chi connectivity index (χ0v) is 14.6. The van der Waals surface area contributed by atoms with E-state index in [1.165, 1.54) is 5.56 Å². The number of nitrogens with one attached hydrogen (secondary N) is 1. The molecule has 1 N–H and O–H groups in total. The molecule has 1 heterocycles. The summed E-state index contributed by atoms with van der Waals surface area (Å²) >= 11 is 5.95. The summed E-state index contributed by atoms with van der Waals surface area (Å²) in [6.45, 7) is 8.15. The van der Waals surface area contributed by atoms with Gasteiger partial charge >= 0.3 is 0 Å². The van der Waals surface area contributed by atoms with E-state index in [1.54, 1.807) is 0 Å². The smallest absolute Gasteiger partial charge is 0.239 e. The first-order chi connectivity index (χ1) is 10.5. The number of piperidine rings is 1. The van der Waals surface area contributed by atoms with Gasteiger partial charge in [-0.05, 0) is 49.8 Å². The Hall–Kier alpha value is -1.06. The van der Waals surface area contributed by atoms with Crippen LogP contribution >= 0.6 is 11.6 Å². The second-order valence-corrected chi connectivity index (χ2v) is 6.84. The summed E-state index contributed by atoms with van der Waals surface area (Å²) in [4.78, 5) is 14.6. The van der Waals surface area contributed by atoms with Gasteiger partial charge in [-0.15, -0.1) is 0 Å². The van der Waals surface area contributed by atoms with Gasteiger partial charge in [-0.3, -0.25) is 10.1 Å². The van der Waals surface area contributed by atoms with Crippen LogP contribution in [0.3, 0.4) is 0 Å². The maximum absolute atomic E-state index is 12.6. The van der Waals surface area contributed by atoms with Crippen LogP contribution in [-0.4, -0.2) is 29.9 Å². The van der Waals surface area contributed by atoms with Crippen LogP contribution in [0.1, 0.15) is 51.6 Å². The van der Waals surface area contributed by atoms with E-state index in [0.29, 0.717) is 0 Å². The SMILES string of the molecule is CCC(NC(C)C(=O)N1CCC(C)CC1)c1ccc(Cl)cc1. The predicted octanol–water partition coefficient (Wildman–Crippen LogP) is 4.03. The van der Waals surface area contributed by atoms with E-state index >= 15 is 0 Å².